The zero-order valence-electron chi connectivity index (χ0n) is 27.5. The number of hydrogen-bond donors (Lipinski definition) is 4. The molecular weight excluding hydrogens is 868 g/mol. The van der Waals surface area contributed by atoms with Crippen LogP contribution in [0.25, 0.3) is 78.4 Å². The Morgan fingerprint density at radius 1 is 0.375 bits per heavy atom. The van der Waals surface area contributed by atoms with Crippen molar-refractivity contribution in [3.63, 3.8) is 0 Å². The summed E-state index contributed by atoms with van der Waals surface area (Å²) in [6.45, 7) is 0. The molecule has 9 rings (SSSR count). The molecule has 0 unspecified atom stereocenters. The van der Waals surface area contributed by atoms with Gasteiger partial charge in [0.25, 0.3) is 40.5 Å². The molecule has 3 aliphatic heterocycles. The minimum atomic E-state index is -4.74. The van der Waals surface area contributed by atoms with Crippen LogP contribution in [0.15, 0.2) is 92.4 Å². The minimum absolute atomic E-state index is 0. The molecule has 56 heavy (non-hydrogen) atoms. The third-order valence-electron chi connectivity index (χ3n) is 8.83. The van der Waals surface area contributed by atoms with Crippen LogP contribution in [-0.2, 0) is 60.0 Å². The van der Waals surface area contributed by atoms with E-state index in [0.29, 0.717) is 5.39 Å². The molecule has 1 aromatic heterocycles. The van der Waals surface area contributed by atoms with Crippen LogP contribution in [0.5, 0.6) is 0 Å². The molecule has 1 aliphatic carbocycles. The van der Waals surface area contributed by atoms with Crippen LogP contribution in [0.2, 0.25) is 0 Å². The Morgan fingerprint density at radius 2 is 0.732 bits per heavy atom. The standard InChI is InChI=1S/C32H16N7O12S4.Zn/c40-52(41,42)13-1-5-17-21(9-13)26-25(17)33-30-22-10-14(53(43,44)45)3-7-19(22)28(36-30)37-32-24-12-16(55(49,50)51)4-8-20(24)29(39-32)38-31-23-11-15(54(46,47)48)2-6-18(23)27(34-26)35-31;/h1-12H,(H4-,33,34,35,36,37,38,39,40,41,42,43,44,45,46,47,48,49,50,51);/q-1;. The number of hydrogen-bond acceptors (Lipinski definition) is 14. The second-order valence-corrected chi connectivity index (χ2v) is 17.8. The Hall–Kier alpha value is -5.30. The zero-order valence-corrected chi connectivity index (χ0v) is 33.7. The monoisotopic (exact) mass is 882 g/mol. The number of nitrogens with zero attached hydrogens (tertiary/aromatic N) is 7. The van der Waals surface area contributed by atoms with Crippen LogP contribution in [0.3, 0.4) is 0 Å². The Kier molecular flexibility index (Phi) is 8.30. The van der Waals surface area contributed by atoms with Gasteiger partial charge in [-0.1, -0.05) is 18.2 Å². The fourth-order valence-electron chi connectivity index (χ4n) is 6.28. The summed E-state index contributed by atoms with van der Waals surface area (Å²) >= 11 is 0. The molecule has 278 valence electrons. The number of benzene rings is 4. The molecule has 0 spiro atoms. The molecule has 0 fully saturated rings. The maximum Gasteiger partial charge on any atom is 0.294 e. The predicted molar refractivity (Wildman–Crippen MR) is 189 cm³/mol. The van der Waals surface area contributed by atoms with Gasteiger partial charge in [0.05, 0.1) is 41.9 Å². The number of fused-ring (bicyclic) bond motifs is 18. The van der Waals surface area contributed by atoms with Crippen molar-refractivity contribution in [3.8, 4) is 45.6 Å². The molecule has 6 bridgehead atoms. The molecular formula is C32H16N7O12S4Zn-. The maximum absolute atomic E-state index is 12.2. The summed E-state index contributed by atoms with van der Waals surface area (Å²) in [5.41, 5.74) is 0.213. The van der Waals surface area contributed by atoms with E-state index in [2.05, 4.69) is 34.9 Å². The van der Waals surface area contributed by atoms with Gasteiger partial charge in [-0.2, -0.15) is 33.7 Å². The van der Waals surface area contributed by atoms with Gasteiger partial charge in [0, 0.05) is 63.8 Å². The zero-order chi connectivity index (χ0) is 39.0. The Balaban J connectivity index is 0.00000441. The Morgan fingerprint density at radius 3 is 1.23 bits per heavy atom. The quantitative estimate of drug-likeness (QED) is 0.146. The van der Waals surface area contributed by atoms with E-state index in [4.69, 9.17) is 0 Å². The molecule has 4 heterocycles. The molecule has 4 N–H and O–H groups in total. The first-order valence-electron chi connectivity index (χ1n) is 15.2. The Labute approximate surface area is 326 Å². The largest absolute Gasteiger partial charge is 0.357 e. The molecule has 0 saturated heterocycles. The first-order chi connectivity index (χ1) is 25.7. The van der Waals surface area contributed by atoms with Crippen LogP contribution in [0, 0.1) is 10.7 Å². The van der Waals surface area contributed by atoms with Crippen LogP contribution in [-0.4, -0.2) is 81.8 Å². The first kappa shape index (κ1) is 37.6. The normalized spacial score (nSPS) is 13.1. The summed E-state index contributed by atoms with van der Waals surface area (Å²) in [5.74, 6) is -0.522. The molecule has 4 aliphatic rings. The van der Waals surface area contributed by atoms with E-state index < -0.39 is 60.1 Å². The molecule has 0 amide bonds. The molecule has 0 atom stereocenters. The van der Waals surface area contributed by atoms with Gasteiger partial charge >= 0.3 is 0 Å². The topological polar surface area (TPSA) is 309 Å². The van der Waals surface area contributed by atoms with Crippen molar-refractivity contribution in [1.29, 1.82) is 0 Å². The van der Waals surface area contributed by atoms with Crippen LogP contribution in [0.4, 0.5) is 0 Å². The van der Waals surface area contributed by atoms with Crippen molar-refractivity contribution in [2.24, 2.45) is 0 Å². The van der Waals surface area contributed by atoms with Crippen LogP contribution < -0.4 is 4.98 Å². The van der Waals surface area contributed by atoms with Gasteiger partial charge in [-0.15, -0.1) is 0 Å². The van der Waals surface area contributed by atoms with E-state index in [1.165, 1.54) is 24.3 Å². The first-order valence-corrected chi connectivity index (χ1v) is 21.0. The van der Waals surface area contributed by atoms with Crippen molar-refractivity contribution in [1.82, 2.24) is 34.9 Å². The molecule has 24 heteroatoms. The molecule has 0 saturated carbocycles. The van der Waals surface area contributed by atoms with Crippen molar-refractivity contribution >= 4 is 73.3 Å². The summed E-state index contributed by atoms with van der Waals surface area (Å²) in [6.07, 6.45) is 0. The van der Waals surface area contributed by atoms with Crippen molar-refractivity contribution in [2.75, 3.05) is 0 Å². The van der Waals surface area contributed by atoms with Crippen molar-refractivity contribution in [2.45, 2.75) is 19.6 Å². The minimum Gasteiger partial charge on any atom is -0.357 e. The summed E-state index contributed by atoms with van der Waals surface area (Å²) in [4.78, 5) is 29.9. The van der Waals surface area contributed by atoms with Crippen LogP contribution in [0.1, 0.15) is 0 Å². The summed E-state index contributed by atoms with van der Waals surface area (Å²) in [6, 6.07) is 14.0. The average molecular weight is 884 g/mol. The van der Waals surface area contributed by atoms with Crippen molar-refractivity contribution in [3.05, 3.63) is 83.5 Å². The van der Waals surface area contributed by atoms with E-state index in [-0.39, 0.29) is 103 Å². The fraction of sp³-hybridized carbons (Fsp3) is 0. The number of aromatic nitrogens is 7. The van der Waals surface area contributed by atoms with E-state index >= 15 is 0 Å². The predicted octanol–water partition coefficient (Wildman–Crippen LogP) is 3.16. The second kappa shape index (κ2) is 12.4. The van der Waals surface area contributed by atoms with Gasteiger partial charge in [0.2, 0.25) is 0 Å². The Bertz CT molecular complexity index is 3620. The van der Waals surface area contributed by atoms with Crippen molar-refractivity contribution < 1.29 is 71.4 Å². The summed E-state index contributed by atoms with van der Waals surface area (Å²) in [7, 11) is -18.9. The van der Waals surface area contributed by atoms with Gasteiger partial charge < -0.3 is 15.0 Å². The molecule has 0 radical (unpaired) electrons. The van der Waals surface area contributed by atoms with Crippen LogP contribution >= 0.6 is 0 Å². The summed E-state index contributed by atoms with van der Waals surface area (Å²) in [5, 5.41) is 0.828. The SMILES string of the molecule is O=S(=O)(O)c1ccc2c(c1)-c1nc-2nc2[n-]c(nc3nc(nc4c5cc(S(=O)(=O)O)ccc5c=4n1)-c1ccc(S(=O)(=O)O)cc1-3)c1ccc(S(=O)(=O)O)cc21.[Zn]. The summed E-state index contributed by atoms with van der Waals surface area (Å²) < 4.78 is 136. The second-order valence-electron chi connectivity index (χ2n) is 12.2. The maximum atomic E-state index is 12.2. The van der Waals surface area contributed by atoms with Gasteiger partial charge in [0.15, 0.2) is 11.6 Å². The van der Waals surface area contributed by atoms with Gasteiger partial charge in [-0.25, -0.2) is 19.9 Å². The van der Waals surface area contributed by atoms with E-state index in [1.54, 1.807) is 0 Å². The fourth-order valence-corrected chi connectivity index (χ4v) is 8.31. The van der Waals surface area contributed by atoms with E-state index in [9.17, 15) is 51.9 Å². The molecule has 4 aromatic carbocycles. The smallest absolute Gasteiger partial charge is 0.294 e. The van der Waals surface area contributed by atoms with Gasteiger partial charge in [-0.05, 0) is 65.4 Å². The third-order valence-corrected chi connectivity index (χ3v) is 12.2. The third kappa shape index (κ3) is 6.11. The number of rotatable bonds is 4. The molecule has 5 aromatic rings. The van der Waals surface area contributed by atoms with Gasteiger partial charge in [0.1, 0.15) is 0 Å². The average Bonchev–Trinajstić information content (AvgIpc) is 3.74. The molecule has 19 nitrogen and oxygen atoms in total. The van der Waals surface area contributed by atoms with Gasteiger partial charge in [-0.3, -0.25) is 18.2 Å². The van der Waals surface area contributed by atoms with E-state index in [1.807, 2.05) is 0 Å². The van der Waals surface area contributed by atoms with E-state index in [0.717, 1.165) is 48.5 Å².